The van der Waals surface area contributed by atoms with Crippen molar-refractivity contribution in [2.45, 2.75) is 12.8 Å². The van der Waals surface area contributed by atoms with Crippen molar-refractivity contribution in [3.05, 3.63) is 59.9 Å². The minimum Gasteiger partial charge on any atom is -0.506 e. The molecule has 1 heterocycles. The predicted molar refractivity (Wildman–Crippen MR) is 67.0 cm³/mol. The molecule has 2 aromatic rings. The molecule has 1 N–H and O–H groups in total. The number of halogens is 1. The molecule has 84 valence electrons. The van der Waals surface area contributed by atoms with Gasteiger partial charge in [-0.25, -0.2) is 0 Å². The molecule has 1 aromatic heterocycles. The number of aryl methyl sites for hydroxylation is 2. The normalized spacial score (nSPS) is 9.50. The molecule has 0 unspecified atom stereocenters. The fourth-order valence-corrected chi connectivity index (χ4v) is 1.53. The van der Waals surface area contributed by atoms with E-state index in [2.05, 4.69) is 17.1 Å². The number of hydrogen-bond donors (Lipinski definition) is 1. The Labute approximate surface area is 101 Å². The van der Waals surface area contributed by atoms with Crippen molar-refractivity contribution in [3.8, 4) is 5.75 Å². The molecule has 0 aliphatic heterocycles. The molecule has 1 aromatic carbocycles. The third-order valence-corrected chi connectivity index (χ3v) is 2.36. The molecule has 0 saturated heterocycles. The van der Waals surface area contributed by atoms with Crippen molar-refractivity contribution in [2.24, 2.45) is 0 Å². The van der Waals surface area contributed by atoms with Crippen LogP contribution in [0.3, 0.4) is 0 Å². The first-order valence-electron chi connectivity index (χ1n) is 5.03. The molecule has 0 aliphatic carbocycles. The minimum atomic E-state index is 0. The SMILES string of the molecule is Cl.Oc1cccnc1CCc1ccccc1. The number of rotatable bonds is 3. The van der Waals surface area contributed by atoms with Crippen LogP contribution in [0.4, 0.5) is 0 Å². The molecular formula is C13H14ClNO. The molecule has 0 spiro atoms. The van der Waals surface area contributed by atoms with Crippen molar-refractivity contribution in [1.82, 2.24) is 4.98 Å². The lowest BCUT2D eigenvalue weighted by Crippen LogP contribution is -1.94. The Kier molecular flexibility index (Phi) is 4.80. The summed E-state index contributed by atoms with van der Waals surface area (Å²) in [6, 6.07) is 13.6. The standard InChI is InChI=1S/C13H13NO.ClH/c15-13-7-4-10-14-12(13)9-8-11-5-2-1-3-6-11;/h1-7,10,15H,8-9H2;1H. The highest BCUT2D eigenvalue weighted by atomic mass is 35.5. The van der Waals surface area contributed by atoms with E-state index in [0.717, 1.165) is 18.5 Å². The van der Waals surface area contributed by atoms with E-state index in [9.17, 15) is 5.11 Å². The molecule has 2 rings (SSSR count). The molecule has 0 radical (unpaired) electrons. The minimum absolute atomic E-state index is 0. The van der Waals surface area contributed by atoms with Crippen LogP contribution in [0, 0.1) is 0 Å². The topological polar surface area (TPSA) is 33.1 Å². The van der Waals surface area contributed by atoms with Crippen LogP contribution in [0.15, 0.2) is 48.7 Å². The van der Waals surface area contributed by atoms with Gasteiger partial charge in [-0.15, -0.1) is 12.4 Å². The van der Waals surface area contributed by atoms with Gasteiger partial charge in [-0.05, 0) is 30.5 Å². The Morgan fingerprint density at radius 1 is 0.938 bits per heavy atom. The fourth-order valence-electron chi connectivity index (χ4n) is 1.53. The summed E-state index contributed by atoms with van der Waals surface area (Å²) in [6.07, 6.45) is 3.39. The molecule has 3 heteroatoms. The third kappa shape index (κ3) is 3.24. The molecule has 0 amide bonds. The number of nitrogens with zero attached hydrogens (tertiary/aromatic N) is 1. The summed E-state index contributed by atoms with van der Waals surface area (Å²) in [4.78, 5) is 4.14. The number of benzene rings is 1. The lowest BCUT2D eigenvalue weighted by atomic mass is 10.1. The van der Waals surface area contributed by atoms with Crippen molar-refractivity contribution in [1.29, 1.82) is 0 Å². The summed E-state index contributed by atoms with van der Waals surface area (Å²) in [5.41, 5.74) is 2.03. The summed E-state index contributed by atoms with van der Waals surface area (Å²) < 4.78 is 0. The van der Waals surface area contributed by atoms with Gasteiger partial charge in [-0.1, -0.05) is 30.3 Å². The Bertz CT molecular complexity index is 431. The number of hydrogen-bond acceptors (Lipinski definition) is 2. The van der Waals surface area contributed by atoms with Crippen LogP contribution >= 0.6 is 12.4 Å². The lowest BCUT2D eigenvalue weighted by molar-refractivity contribution is 0.464. The van der Waals surface area contributed by atoms with E-state index in [1.807, 2.05) is 18.2 Å². The second-order valence-electron chi connectivity index (χ2n) is 3.45. The summed E-state index contributed by atoms with van der Waals surface area (Å²) in [5, 5.41) is 9.53. The zero-order valence-corrected chi connectivity index (χ0v) is 9.65. The maximum atomic E-state index is 9.53. The Balaban J connectivity index is 0.00000128. The molecule has 0 saturated carbocycles. The highest BCUT2D eigenvalue weighted by Crippen LogP contribution is 2.15. The first-order valence-corrected chi connectivity index (χ1v) is 5.03. The van der Waals surface area contributed by atoms with Crippen LogP contribution in [0.25, 0.3) is 0 Å². The van der Waals surface area contributed by atoms with Gasteiger partial charge in [0.15, 0.2) is 0 Å². The molecule has 0 bridgehead atoms. The van der Waals surface area contributed by atoms with Gasteiger partial charge in [0.05, 0.1) is 5.69 Å². The van der Waals surface area contributed by atoms with E-state index in [1.54, 1.807) is 18.3 Å². The second kappa shape index (κ2) is 6.13. The van der Waals surface area contributed by atoms with Crippen molar-refractivity contribution < 1.29 is 5.11 Å². The van der Waals surface area contributed by atoms with E-state index >= 15 is 0 Å². The summed E-state index contributed by atoms with van der Waals surface area (Å²) in [5.74, 6) is 0.286. The van der Waals surface area contributed by atoms with Crippen LogP contribution < -0.4 is 0 Å². The summed E-state index contributed by atoms with van der Waals surface area (Å²) >= 11 is 0. The second-order valence-corrected chi connectivity index (χ2v) is 3.45. The van der Waals surface area contributed by atoms with Gasteiger partial charge in [0.25, 0.3) is 0 Å². The van der Waals surface area contributed by atoms with Crippen molar-refractivity contribution >= 4 is 12.4 Å². The Hall–Kier alpha value is -1.54. The lowest BCUT2D eigenvalue weighted by Gasteiger charge is -2.02. The smallest absolute Gasteiger partial charge is 0.137 e. The van der Waals surface area contributed by atoms with Crippen molar-refractivity contribution in [3.63, 3.8) is 0 Å². The number of pyridine rings is 1. The molecule has 0 aliphatic rings. The molecule has 0 fully saturated rings. The van der Waals surface area contributed by atoms with Crippen molar-refractivity contribution in [2.75, 3.05) is 0 Å². The van der Waals surface area contributed by atoms with Crippen LogP contribution in [-0.2, 0) is 12.8 Å². The molecule has 0 atom stereocenters. The van der Waals surface area contributed by atoms with Crippen LogP contribution in [0.5, 0.6) is 5.75 Å². The average Bonchev–Trinajstić information content (AvgIpc) is 2.29. The summed E-state index contributed by atoms with van der Waals surface area (Å²) in [7, 11) is 0. The summed E-state index contributed by atoms with van der Waals surface area (Å²) in [6.45, 7) is 0. The van der Waals surface area contributed by atoms with Crippen LogP contribution in [0.1, 0.15) is 11.3 Å². The largest absolute Gasteiger partial charge is 0.506 e. The quantitative estimate of drug-likeness (QED) is 0.887. The molecule has 16 heavy (non-hydrogen) atoms. The van der Waals surface area contributed by atoms with Gasteiger partial charge in [-0.2, -0.15) is 0 Å². The van der Waals surface area contributed by atoms with E-state index < -0.39 is 0 Å². The van der Waals surface area contributed by atoms with Gasteiger partial charge in [0.2, 0.25) is 0 Å². The fraction of sp³-hybridized carbons (Fsp3) is 0.154. The Morgan fingerprint density at radius 3 is 2.38 bits per heavy atom. The number of aromatic nitrogens is 1. The van der Waals surface area contributed by atoms with Gasteiger partial charge in [-0.3, -0.25) is 4.98 Å². The zero-order chi connectivity index (χ0) is 10.5. The van der Waals surface area contributed by atoms with E-state index in [0.29, 0.717) is 0 Å². The van der Waals surface area contributed by atoms with Gasteiger partial charge in [0, 0.05) is 6.20 Å². The first kappa shape index (κ1) is 12.5. The van der Waals surface area contributed by atoms with Gasteiger partial charge in [0.1, 0.15) is 5.75 Å². The van der Waals surface area contributed by atoms with Crippen LogP contribution in [0.2, 0.25) is 0 Å². The Morgan fingerprint density at radius 2 is 1.69 bits per heavy atom. The first-order chi connectivity index (χ1) is 7.36. The molecule has 2 nitrogen and oxygen atoms in total. The van der Waals surface area contributed by atoms with Gasteiger partial charge < -0.3 is 5.11 Å². The molecular weight excluding hydrogens is 222 g/mol. The van der Waals surface area contributed by atoms with E-state index in [-0.39, 0.29) is 18.2 Å². The maximum absolute atomic E-state index is 9.53. The third-order valence-electron chi connectivity index (χ3n) is 2.36. The monoisotopic (exact) mass is 235 g/mol. The maximum Gasteiger partial charge on any atom is 0.137 e. The highest BCUT2D eigenvalue weighted by molar-refractivity contribution is 5.85. The average molecular weight is 236 g/mol. The zero-order valence-electron chi connectivity index (χ0n) is 8.84. The van der Waals surface area contributed by atoms with Gasteiger partial charge >= 0.3 is 0 Å². The van der Waals surface area contributed by atoms with Crippen LogP contribution in [-0.4, -0.2) is 10.1 Å². The predicted octanol–water partition coefficient (Wildman–Crippen LogP) is 2.99. The van der Waals surface area contributed by atoms with E-state index in [4.69, 9.17) is 0 Å². The highest BCUT2D eigenvalue weighted by Gasteiger charge is 2.01. The number of aromatic hydroxyl groups is 1. The van der Waals surface area contributed by atoms with E-state index in [1.165, 1.54) is 5.56 Å².